The van der Waals surface area contributed by atoms with Crippen molar-refractivity contribution in [2.24, 2.45) is 0 Å². The Morgan fingerprint density at radius 3 is 2.38 bits per heavy atom. The average Bonchev–Trinajstić information content (AvgIpc) is 3.17. The smallest absolute Gasteiger partial charge is 0.211 e. The molecule has 0 N–H and O–H groups in total. The lowest BCUT2D eigenvalue weighted by atomic mass is 10.0. The standard InChI is InChI=1S/C16H24N2O2S/c1-16(2)12-17(9-10-18(16)21(3,19)20)15-11-14(15)13-7-5-4-6-8-13/h4-8,14-15H,9-12H2,1-3H3/t14-,15-/m1/s1. The first-order valence-electron chi connectivity index (χ1n) is 7.56. The Morgan fingerprint density at radius 1 is 1.14 bits per heavy atom. The van der Waals surface area contributed by atoms with Crippen molar-refractivity contribution < 1.29 is 8.42 Å². The third kappa shape index (κ3) is 3.00. The molecule has 1 aromatic carbocycles. The average molecular weight is 308 g/mol. The minimum Gasteiger partial charge on any atom is -0.297 e. The molecule has 1 saturated carbocycles. The fourth-order valence-electron chi connectivity index (χ4n) is 3.72. The lowest BCUT2D eigenvalue weighted by Crippen LogP contribution is -2.61. The summed E-state index contributed by atoms with van der Waals surface area (Å²) in [6.07, 6.45) is 2.51. The molecule has 2 atom stereocenters. The van der Waals surface area contributed by atoms with E-state index < -0.39 is 10.0 Å². The summed E-state index contributed by atoms with van der Waals surface area (Å²) in [6, 6.07) is 11.2. The second kappa shape index (κ2) is 5.07. The monoisotopic (exact) mass is 308 g/mol. The maximum atomic E-state index is 11.9. The molecule has 0 radical (unpaired) electrons. The summed E-state index contributed by atoms with van der Waals surface area (Å²) < 4.78 is 25.4. The van der Waals surface area contributed by atoms with Crippen molar-refractivity contribution in [3.63, 3.8) is 0 Å². The Balaban J connectivity index is 1.69. The number of benzene rings is 1. The van der Waals surface area contributed by atoms with E-state index >= 15 is 0 Å². The summed E-state index contributed by atoms with van der Waals surface area (Å²) in [5, 5.41) is 0. The van der Waals surface area contributed by atoms with Crippen molar-refractivity contribution in [1.82, 2.24) is 9.21 Å². The summed E-state index contributed by atoms with van der Waals surface area (Å²) in [7, 11) is -3.12. The highest BCUT2D eigenvalue weighted by Crippen LogP contribution is 2.46. The number of rotatable bonds is 3. The molecular formula is C16H24N2O2S. The van der Waals surface area contributed by atoms with Crippen LogP contribution in [0.2, 0.25) is 0 Å². The predicted molar refractivity (Wildman–Crippen MR) is 84.8 cm³/mol. The second-order valence-electron chi connectivity index (χ2n) is 6.94. The highest BCUT2D eigenvalue weighted by molar-refractivity contribution is 7.88. The van der Waals surface area contributed by atoms with Crippen molar-refractivity contribution in [2.75, 3.05) is 25.9 Å². The zero-order valence-electron chi connectivity index (χ0n) is 13.0. The maximum absolute atomic E-state index is 11.9. The molecule has 1 aliphatic heterocycles. The van der Waals surface area contributed by atoms with Gasteiger partial charge in [0.25, 0.3) is 0 Å². The van der Waals surface area contributed by atoms with Gasteiger partial charge in [-0.3, -0.25) is 4.90 Å². The fourth-order valence-corrected chi connectivity index (χ4v) is 5.09. The second-order valence-corrected chi connectivity index (χ2v) is 8.85. The number of sulfonamides is 1. The van der Waals surface area contributed by atoms with Crippen LogP contribution in [0.1, 0.15) is 31.7 Å². The van der Waals surface area contributed by atoms with Gasteiger partial charge in [0, 0.05) is 37.1 Å². The normalized spacial score (nSPS) is 30.2. The number of piperazine rings is 1. The van der Waals surface area contributed by atoms with Gasteiger partial charge in [0.1, 0.15) is 0 Å². The van der Waals surface area contributed by atoms with Gasteiger partial charge in [-0.05, 0) is 25.8 Å². The molecule has 0 bridgehead atoms. The summed E-state index contributed by atoms with van der Waals surface area (Å²) in [6.45, 7) is 6.31. The van der Waals surface area contributed by atoms with Crippen LogP contribution >= 0.6 is 0 Å². The first-order valence-corrected chi connectivity index (χ1v) is 9.41. The first kappa shape index (κ1) is 15.0. The molecule has 116 valence electrons. The van der Waals surface area contributed by atoms with Gasteiger partial charge < -0.3 is 0 Å². The van der Waals surface area contributed by atoms with Crippen LogP contribution in [0.15, 0.2) is 30.3 Å². The molecule has 3 rings (SSSR count). The predicted octanol–water partition coefficient (Wildman–Crippen LogP) is 1.90. The van der Waals surface area contributed by atoms with Crippen LogP contribution in [-0.4, -0.2) is 55.1 Å². The van der Waals surface area contributed by atoms with Crippen LogP contribution in [0, 0.1) is 0 Å². The number of nitrogens with zero attached hydrogens (tertiary/aromatic N) is 2. The molecule has 1 saturated heterocycles. The summed E-state index contributed by atoms with van der Waals surface area (Å²) in [5.41, 5.74) is 1.08. The van der Waals surface area contributed by atoms with Gasteiger partial charge in [-0.25, -0.2) is 8.42 Å². The first-order chi connectivity index (χ1) is 9.79. The molecule has 1 heterocycles. The molecule has 0 spiro atoms. The van der Waals surface area contributed by atoms with E-state index in [-0.39, 0.29) is 5.54 Å². The topological polar surface area (TPSA) is 40.6 Å². The van der Waals surface area contributed by atoms with E-state index in [2.05, 4.69) is 35.2 Å². The van der Waals surface area contributed by atoms with E-state index in [0.29, 0.717) is 18.5 Å². The lowest BCUT2D eigenvalue weighted by Gasteiger charge is -2.46. The van der Waals surface area contributed by atoms with E-state index in [4.69, 9.17) is 0 Å². The molecule has 0 unspecified atom stereocenters. The Morgan fingerprint density at radius 2 is 1.81 bits per heavy atom. The van der Waals surface area contributed by atoms with E-state index in [1.807, 2.05) is 13.8 Å². The lowest BCUT2D eigenvalue weighted by molar-refractivity contribution is 0.0753. The van der Waals surface area contributed by atoms with Crippen molar-refractivity contribution in [2.45, 2.75) is 37.8 Å². The van der Waals surface area contributed by atoms with Crippen molar-refractivity contribution in [1.29, 1.82) is 0 Å². The van der Waals surface area contributed by atoms with Gasteiger partial charge >= 0.3 is 0 Å². The van der Waals surface area contributed by atoms with Crippen molar-refractivity contribution in [3.8, 4) is 0 Å². The van der Waals surface area contributed by atoms with Gasteiger partial charge in [-0.1, -0.05) is 30.3 Å². The minimum absolute atomic E-state index is 0.324. The van der Waals surface area contributed by atoms with E-state index in [0.717, 1.165) is 13.1 Å². The molecule has 2 aliphatic rings. The quantitative estimate of drug-likeness (QED) is 0.856. The maximum Gasteiger partial charge on any atom is 0.211 e. The molecule has 1 aliphatic carbocycles. The Labute approximate surface area is 127 Å². The summed E-state index contributed by atoms with van der Waals surface area (Å²) >= 11 is 0. The van der Waals surface area contributed by atoms with E-state index in [1.165, 1.54) is 18.2 Å². The fraction of sp³-hybridized carbons (Fsp3) is 0.625. The van der Waals surface area contributed by atoms with Gasteiger partial charge in [0.15, 0.2) is 0 Å². The highest BCUT2D eigenvalue weighted by Gasteiger charge is 2.48. The van der Waals surface area contributed by atoms with Crippen LogP contribution in [0.3, 0.4) is 0 Å². The molecule has 1 aromatic rings. The molecule has 5 heteroatoms. The van der Waals surface area contributed by atoms with Crippen LogP contribution in [0.25, 0.3) is 0 Å². The van der Waals surface area contributed by atoms with Crippen LogP contribution in [0.5, 0.6) is 0 Å². The van der Waals surface area contributed by atoms with Crippen LogP contribution in [-0.2, 0) is 10.0 Å². The SMILES string of the molecule is CC1(C)CN([C@@H]2C[C@@H]2c2ccccc2)CCN1S(C)(=O)=O. The molecule has 4 nitrogen and oxygen atoms in total. The largest absolute Gasteiger partial charge is 0.297 e. The minimum atomic E-state index is -3.12. The third-order valence-electron chi connectivity index (χ3n) is 4.71. The summed E-state index contributed by atoms with van der Waals surface area (Å²) in [5.74, 6) is 0.617. The molecule has 21 heavy (non-hydrogen) atoms. The Kier molecular flexibility index (Phi) is 3.62. The molecule has 2 fully saturated rings. The molecular weight excluding hydrogens is 284 g/mol. The molecule has 0 aromatic heterocycles. The van der Waals surface area contributed by atoms with Crippen LogP contribution < -0.4 is 0 Å². The number of hydrogen-bond acceptors (Lipinski definition) is 3. The van der Waals surface area contributed by atoms with E-state index in [1.54, 1.807) is 4.31 Å². The Bertz CT molecular complexity index is 612. The van der Waals surface area contributed by atoms with Crippen molar-refractivity contribution in [3.05, 3.63) is 35.9 Å². The van der Waals surface area contributed by atoms with Gasteiger partial charge in [-0.2, -0.15) is 4.31 Å². The third-order valence-corrected chi connectivity index (χ3v) is 6.19. The zero-order valence-corrected chi connectivity index (χ0v) is 13.8. The Hall–Kier alpha value is -0.910. The van der Waals surface area contributed by atoms with Crippen molar-refractivity contribution >= 4 is 10.0 Å². The van der Waals surface area contributed by atoms with Gasteiger partial charge in [-0.15, -0.1) is 0 Å². The van der Waals surface area contributed by atoms with Gasteiger partial charge in [0.2, 0.25) is 10.0 Å². The van der Waals surface area contributed by atoms with E-state index in [9.17, 15) is 8.42 Å². The highest BCUT2D eigenvalue weighted by atomic mass is 32.2. The summed E-state index contributed by atoms with van der Waals surface area (Å²) in [4.78, 5) is 2.47. The van der Waals surface area contributed by atoms with Gasteiger partial charge in [0.05, 0.1) is 6.26 Å². The number of hydrogen-bond donors (Lipinski definition) is 0. The van der Waals surface area contributed by atoms with Crippen LogP contribution in [0.4, 0.5) is 0 Å². The zero-order chi connectivity index (χ0) is 15.3. The molecule has 0 amide bonds.